The van der Waals surface area contributed by atoms with Crippen molar-refractivity contribution in [2.45, 2.75) is 20.4 Å². The lowest BCUT2D eigenvalue weighted by Crippen LogP contribution is -2.24. The molecule has 3 heterocycles. The van der Waals surface area contributed by atoms with Gasteiger partial charge in [-0.1, -0.05) is 18.2 Å². The molecule has 0 aliphatic heterocycles. The van der Waals surface area contributed by atoms with Crippen LogP contribution in [0.4, 0.5) is 4.39 Å². The van der Waals surface area contributed by atoms with Crippen molar-refractivity contribution >= 4 is 5.91 Å². The maximum absolute atomic E-state index is 14.3. The summed E-state index contributed by atoms with van der Waals surface area (Å²) in [4.78, 5) is 21.1. The van der Waals surface area contributed by atoms with Gasteiger partial charge in [-0.15, -0.1) is 0 Å². The number of benzene rings is 1. The summed E-state index contributed by atoms with van der Waals surface area (Å²) in [5.41, 5.74) is 3.17. The van der Waals surface area contributed by atoms with Gasteiger partial charge < -0.3 is 9.88 Å². The number of carbonyl (C=O) groups excluding carboxylic acids is 1. The first kappa shape index (κ1) is 18.5. The fourth-order valence-electron chi connectivity index (χ4n) is 3.36. The number of nitrogens with one attached hydrogen (secondary N) is 1. The topological polar surface area (TPSA) is 77.6 Å². The van der Waals surface area contributed by atoms with E-state index in [1.54, 1.807) is 59.0 Å². The van der Waals surface area contributed by atoms with Crippen LogP contribution in [-0.2, 0) is 6.54 Å². The zero-order chi connectivity index (χ0) is 20.4. The number of aromatic nitrogens is 5. The molecule has 0 fully saturated rings. The van der Waals surface area contributed by atoms with Gasteiger partial charge in [-0.3, -0.25) is 4.79 Å². The molecule has 1 amide bonds. The summed E-state index contributed by atoms with van der Waals surface area (Å²) in [6, 6.07) is 11.9. The molecule has 0 spiro atoms. The van der Waals surface area contributed by atoms with Crippen LogP contribution < -0.4 is 5.32 Å². The summed E-state index contributed by atoms with van der Waals surface area (Å²) >= 11 is 0. The van der Waals surface area contributed by atoms with Crippen LogP contribution in [0.2, 0.25) is 0 Å². The third-order valence-corrected chi connectivity index (χ3v) is 4.71. The molecule has 0 saturated heterocycles. The van der Waals surface area contributed by atoms with E-state index < -0.39 is 0 Å². The van der Waals surface area contributed by atoms with Crippen LogP contribution in [0.3, 0.4) is 0 Å². The molecule has 0 bridgehead atoms. The highest BCUT2D eigenvalue weighted by molar-refractivity contribution is 5.95. The van der Waals surface area contributed by atoms with Crippen molar-refractivity contribution in [1.29, 1.82) is 0 Å². The van der Waals surface area contributed by atoms with E-state index in [1.807, 2.05) is 13.0 Å². The molecule has 4 rings (SSSR count). The Kier molecular flexibility index (Phi) is 4.90. The molecule has 29 heavy (non-hydrogen) atoms. The molecule has 0 aliphatic carbocycles. The summed E-state index contributed by atoms with van der Waals surface area (Å²) < 4.78 is 17.5. The molecular weight excluding hydrogens is 371 g/mol. The zero-order valence-corrected chi connectivity index (χ0v) is 16.0. The minimum atomic E-state index is -0.339. The van der Waals surface area contributed by atoms with Crippen molar-refractivity contribution in [3.05, 3.63) is 89.6 Å². The van der Waals surface area contributed by atoms with Gasteiger partial charge in [0, 0.05) is 29.7 Å². The SMILES string of the molecule is Cc1cc(C(=O)NCc2cccnc2-n2cncn2)c(C)n1-c1ccccc1F. The van der Waals surface area contributed by atoms with Gasteiger partial charge in [-0.25, -0.2) is 19.0 Å². The van der Waals surface area contributed by atoms with E-state index in [2.05, 4.69) is 20.4 Å². The number of para-hydroxylation sites is 1. The molecule has 146 valence electrons. The molecule has 0 saturated carbocycles. The second kappa shape index (κ2) is 7.67. The number of hydrogen-bond acceptors (Lipinski definition) is 4. The summed E-state index contributed by atoms with van der Waals surface area (Å²) in [6.07, 6.45) is 4.63. The summed E-state index contributed by atoms with van der Waals surface area (Å²) in [5, 5.41) is 7.01. The van der Waals surface area contributed by atoms with Gasteiger partial charge in [0.15, 0.2) is 5.82 Å². The van der Waals surface area contributed by atoms with E-state index in [-0.39, 0.29) is 18.3 Å². The Hall–Kier alpha value is -3.81. The van der Waals surface area contributed by atoms with E-state index in [0.717, 1.165) is 11.3 Å². The average molecular weight is 390 g/mol. The van der Waals surface area contributed by atoms with E-state index in [9.17, 15) is 9.18 Å². The smallest absolute Gasteiger partial charge is 0.253 e. The van der Waals surface area contributed by atoms with Gasteiger partial charge >= 0.3 is 0 Å². The molecule has 1 N–H and O–H groups in total. The van der Waals surface area contributed by atoms with Crippen LogP contribution in [0.5, 0.6) is 0 Å². The highest BCUT2D eigenvalue weighted by Gasteiger charge is 2.18. The lowest BCUT2D eigenvalue weighted by Gasteiger charge is -2.11. The van der Waals surface area contributed by atoms with Crippen molar-refractivity contribution in [2.24, 2.45) is 0 Å². The number of aryl methyl sites for hydroxylation is 1. The van der Waals surface area contributed by atoms with Gasteiger partial charge in [0.25, 0.3) is 5.91 Å². The summed E-state index contributed by atoms with van der Waals surface area (Å²) in [5.74, 6) is 0.0188. The molecule has 7 nitrogen and oxygen atoms in total. The largest absolute Gasteiger partial charge is 0.348 e. The molecule has 8 heteroatoms. The van der Waals surface area contributed by atoms with Crippen LogP contribution >= 0.6 is 0 Å². The quantitative estimate of drug-likeness (QED) is 0.568. The van der Waals surface area contributed by atoms with Crippen molar-refractivity contribution in [2.75, 3.05) is 0 Å². The third-order valence-electron chi connectivity index (χ3n) is 4.71. The summed E-state index contributed by atoms with van der Waals surface area (Å²) in [7, 11) is 0. The highest BCUT2D eigenvalue weighted by Crippen LogP contribution is 2.23. The molecule has 0 aliphatic rings. The number of halogens is 1. The number of nitrogens with zero attached hydrogens (tertiary/aromatic N) is 5. The Labute approximate surface area is 166 Å². The van der Waals surface area contributed by atoms with Crippen molar-refractivity contribution < 1.29 is 9.18 Å². The lowest BCUT2D eigenvalue weighted by atomic mass is 10.2. The highest BCUT2D eigenvalue weighted by atomic mass is 19.1. The average Bonchev–Trinajstić information content (AvgIpc) is 3.35. The van der Waals surface area contributed by atoms with Gasteiger partial charge in [-0.2, -0.15) is 5.10 Å². The minimum Gasteiger partial charge on any atom is -0.348 e. The first-order valence-electron chi connectivity index (χ1n) is 9.07. The molecule has 0 atom stereocenters. The normalized spacial score (nSPS) is 10.9. The Bertz CT molecular complexity index is 1170. The number of pyridine rings is 1. The Morgan fingerprint density at radius 1 is 1.17 bits per heavy atom. The fourth-order valence-corrected chi connectivity index (χ4v) is 3.36. The van der Waals surface area contributed by atoms with Crippen molar-refractivity contribution in [3.8, 4) is 11.5 Å². The first-order chi connectivity index (χ1) is 14.1. The predicted molar refractivity (Wildman–Crippen MR) is 106 cm³/mol. The second-order valence-electron chi connectivity index (χ2n) is 6.58. The van der Waals surface area contributed by atoms with Crippen LogP contribution in [0.25, 0.3) is 11.5 Å². The Balaban J connectivity index is 1.58. The molecule has 4 aromatic rings. The van der Waals surface area contributed by atoms with Crippen LogP contribution in [-0.4, -0.2) is 30.2 Å². The van der Waals surface area contributed by atoms with Gasteiger partial charge in [0.1, 0.15) is 18.5 Å². The standard InChI is InChI=1S/C21H19FN6O/c1-14-10-17(15(2)28(14)19-8-4-3-7-18(19)22)21(29)25-11-16-6-5-9-24-20(16)27-13-23-12-26-27/h3-10,12-13H,11H2,1-2H3,(H,25,29). The molecule has 0 unspecified atom stereocenters. The fraction of sp³-hybridized carbons (Fsp3) is 0.143. The monoisotopic (exact) mass is 390 g/mol. The molecule has 0 radical (unpaired) electrons. The third kappa shape index (κ3) is 3.52. The first-order valence-corrected chi connectivity index (χ1v) is 9.07. The number of hydrogen-bond donors (Lipinski definition) is 1. The number of rotatable bonds is 5. The lowest BCUT2D eigenvalue weighted by molar-refractivity contribution is 0.0950. The Morgan fingerprint density at radius 2 is 2.00 bits per heavy atom. The van der Waals surface area contributed by atoms with Crippen molar-refractivity contribution in [3.63, 3.8) is 0 Å². The van der Waals surface area contributed by atoms with Gasteiger partial charge in [0.2, 0.25) is 0 Å². The van der Waals surface area contributed by atoms with Gasteiger partial charge in [-0.05, 0) is 38.1 Å². The summed E-state index contributed by atoms with van der Waals surface area (Å²) in [6.45, 7) is 3.92. The van der Waals surface area contributed by atoms with Crippen LogP contribution in [0.1, 0.15) is 27.3 Å². The maximum Gasteiger partial charge on any atom is 0.253 e. The van der Waals surface area contributed by atoms with Crippen molar-refractivity contribution in [1.82, 2.24) is 29.6 Å². The Morgan fingerprint density at radius 3 is 2.76 bits per heavy atom. The van der Waals surface area contributed by atoms with Crippen LogP contribution in [0, 0.1) is 19.7 Å². The number of carbonyl (C=O) groups is 1. The second-order valence-corrected chi connectivity index (χ2v) is 6.58. The minimum absolute atomic E-state index is 0.242. The van der Waals surface area contributed by atoms with E-state index in [4.69, 9.17) is 0 Å². The van der Waals surface area contributed by atoms with Crippen LogP contribution in [0.15, 0.2) is 61.3 Å². The van der Waals surface area contributed by atoms with Gasteiger partial charge in [0.05, 0.1) is 11.3 Å². The number of amides is 1. The maximum atomic E-state index is 14.3. The molecule has 3 aromatic heterocycles. The van der Waals surface area contributed by atoms with E-state index in [0.29, 0.717) is 22.8 Å². The van der Waals surface area contributed by atoms with E-state index in [1.165, 1.54) is 12.4 Å². The molecule has 1 aromatic carbocycles. The van der Waals surface area contributed by atoms with E-state index >= 15 is 0 Å². The zero-order valence-electron chi connectivity index (χ0n) is 16.0. The molecular formula is C21H19FN6O. The predicted octanol–water partition coefficient (Wildman–Crippen LogP) is 3.14.